The van der Waals surface area contributed by atoms with Gasteiger partial charge in [0.15, 0.2) is 4.90 Å². The highest BCUT2D eigenvalue weighted by atomic mass is 35.5. The van der Waals surface area contributed by atoms with E-state index in [9.17, 15) is 18.5 Å². The Morgan fingerprint density at radius 2 is 2.00 bits per heavy atom. The fourth-order valence-corrected chi connectivity index (χ4v) is 4.38. The van der Waals surface area contributed by atoms with E-state index in [1.54, 1.807) is 13.8 Å². The Balaban J connectivity index is 2.56. The summed E-state index contributed by atoms with van der Waals surface area (Å²) < 4.78 is 26.7. The summed E-state index contributed by atoms with van der Waals surface area (Å²) in [5.74, 6) is 0. The lowest BCUT2D eigenvalue weighted by atomic mass is 10.3. The monoisotopic (exact) mass is 318 g/mol. The number of nitrogens with zero attached hydrogens (tertiary/aromatic N) is 2. The number of nitro benzene ring substituents is 1. The maximum Gasteiger partial charge on any atom is 0.290 e. The SMILES string of the molecule is CC(C)N(C1CC1)S(=O)(=O)c1ccc(Cl)cc1[N+](=O)[O-]. The van der Waals surface area contributed by atoms with Gasteiger partial charge in [-0.3, -0.25) is 10.1 Å². The highest BCUT2D eigenvalue weighted by Gasteiger charge is 2.42. The van der Waals surface area contributed by atoms with Crippen LogP contribution in [0, 0.1) is 10.1 Å². The molecule has 0 unspecified atom stereocenters. The van der Waals surface area contributed by atoms with Crippen LogP contribution in [0.5, 0.6) is 0 Å². The van der Waals surface area contributed by atoms with Gasteiger partial charge >= 0.3 is 0 Å². The molecule has 0 aromatic heterocycles. The molecule has 20 heavy (non-hydrogen) atoms. The van der Waals surface area contributed by atoms with Gasteiger partial charge in [-0.05, 0) is 38.8 Å². The van der Waals surface area contributed by atoms with Crippen molar-refractivity contribution >= 4 is 27.3 Å². The highest BCUT2D eigenvalue weighted by molar-refractivity contribution is 7.89. The van der Waals surface area contributed by atoms with Crippen LogP contribution in [0.4, 0.5) is 5.69 Å². The van der Waals surface area contributed by atoms with E-state index in [2.05, 4.69) is 0 Å². The van der Waals surface area contributed by atoms with E-state index in [0.29, 0.717) is 0 Å². The largest absolute Gasteiger partial charge is 0.290 e. The number of nitro groups is 1. The minimum Gasteiger partial charge on any atom is -0.258 e. The van der Waals surface area contributed by atoms with Crippen LogP contribution in [0.15, 0.2) is 23.1 Å². The van der Waals surface area contributed by atoms with Crippen molar-refractivity contribution in [3.63, 3.8) is 0 Å². The summed E-state index contributed by atoms with van der Waals surface area (Å²) in [6.45, 7) is 3.52. The number of hydrogen-bond donors (Lipinski definition) is 0. The second kappa shape index (κ2) is 5.31. The average Bonchev–Trinajstić information content (AvgIpc) is 3.11. The smallest absolute Gasteiger partial charge is 0.258 e. The molecule has 0 bridgehead atoms. The molecule has 1 aromatic rings. The van der Waals surface area contributed by atoms with Gasteiger partial charge in [-0.15, -0.1) is 0 Å². The van der Waals surface area contributed by atoms with Crippen LogP contribution in [-0.4, -0.2) is 29.7 Å². The number of hydrogen-bond acceptors (Lipinski definition) is 4. The fraction of sp³-hybridized carbons (Fsp3) is 0.500. The molecule has 1 saturated carbocycles. The molecule has 0 N–H and O–H groups in total. The predicted molar refractivity (Wildman–Crippen MR) is 75.3 cm³/mol. The summed E-state index contributed by atoms with van der Waals surface area (Å²) in [5, 5.41) is 11.2. The molecule has 1 fully saturated rings. The summed E-state index contributed by atoms with van der Waals surface area (Å²) in [7, 11) is -3.90. The summed E-state index contributed by atoms with van der Waals surface area (Å²) in [4.78, 5) is 10.0. The zero-order chi connectivity index (χ0) is 15.1. The lowest BCUT2D eigenvalue weighted by Gasteiger charge is -2.25. The molecule has 2 rings (SSSR count). The third-order valence-corrected chi connectivity index (χ3v) is 5.50. The molecular weight excluding hydrogens is 304 g/mol. The topological polar surface area (TPSA) is 80.5 Å². The van der Waals surface area contributed by atoms with Crippen molar-refractivity contribution in [3.8, 4) is 0 Å². The van der Waals surface area contributed by atoms with E-state index in [0.717, 1.165) is 18.9 Å². The van der Waals surface area contributed by atoms with E-state index in [1.807, 2.05) is 0 Å². The zero-order valence-corrected chi connectivity index (χ0v) is 12.7. The zero-order valence-electron chi connectivity index (χ0n) is 11.1. The van der Waals surface area contributed by atoms with Crippen LogP contribution in [0.3, 0.4) is 0 Å². The Hall–Kier alpha value is -1.18. The molecule has 6 nitrogen and oxygen atoms in total. The summed E-state index contributed by atoms with van der Waals surface area (Å²) >= 11 is 5.72. The molecule has 8 heteroatoms. The van der Waals surface area contributed by atoms with Crippen LogP contribution in [0.2, 0.25) is 5.02 Å². The first-order valence-corrected chi connectivity index (χ1v) is 8.04. The van der Waals surface area contributed by atoms with E-state index >= 15 is 0 Å². The van der Waals surface area contributed by atoms with E-state index in [4.69, 9.17) is 11.6 Å². The van der Waals surface area contributed by atoms with Gasteiger partial charge in [0.05, 0.1) is 4.92 Å². The minimum absolute atomic E-state index is 0.0599. The first-order valence-electron chi connectivity index (χ1n) is 6.22. The fourth-order valence-electron chi connectivity index (χ4n) is 2.19. The molecule has 0 aliphatic heterocycles. The Labute approximate surface area is 122 Å². The Bertz CT molecular complexity index is 639. The van der Waals surface area contributed by atoms with Crippen LogP contribution in [-0.2, 0) is 10.0 Å². The second-order valence-corrected chi connectivity index (χ2v) is 7.28. The first-order chi connectivity index (χ1) is 9.25. The van der Waals surface area contributed by atoms with Crippen molar-refractivity contribution in [2.24, 2.45) is 0 Å². The standard InChI is InChI=1S/C12H15ClN2O4S/c1-8(2)14(10-4-5-10)20(18,19)12-6-3-9(13)7-11(12)15(16)17/h3,6-8,10H,4-5H2,1-2H3. The molecule has 1 aliphatic rings. The minimum atomic E-state index is -3.90. The van der Waals surface area contributed by atoms with Crippen LogP contribution in [0.25, 0.3) is 0 Å². The van der Waals surface area contributed by atoms with Gasteiger partial charge < -0.3 is 0 Å². The maximum atomic E-state index is 12.7. The summed E-state index contributed by atoms with van der Waals surface area (Å²) in [6.07, 6.45) is 1.58. The van der Waals surface area contributed by atoms with Gasteiger partial charge in [0.25, 0.3) is 5.69 Å². The summed E-state index contributed by atoms with van der Waals surface area (Å²) in [6, 6.07) is 3.32. The number of rotatable bonds is 5. The van der Waals surface area contributed by atoms with Crippen molar-refractivity contribution in [1.29, 1.82) is 0 Å². The molecule has 0 atom stereocenters. The van der Waals surface area contributed by atoms with Gasteiger partial charge in [-0.2, -0.15) is 4.31 Å². The van der Waals surface area contributed by atoms with Gasteiger partial charge in [0.2, 0.25) is 10.0 Å². The molecule has 1 aromatic carbocycles. The van der Waals surface area contributed by atoms with Crippen molar-refractivity contribution in [2.45, 2.75) is 43.7 Å². The third-order valence-electron chi connectivity index (χ3n) is 3.09. The van der Waals surface area contributed by atoms with Crippen LogP contribution >= 0.6 is 11.6 Å². The molecule has 0 amide bonds. The van der Waals surface area contributed by atoms with Gasteiger partial charge in [-0.1, -0.05) is 11.6 Å². The molecular formula is C12H15ClN2O4S. The van der Waals surface area contributed by atoms with Crippen LogP contribution in [0.1, 0.15) is 26.7 Å². The molecule has 0 heterocycles. The maximum absolute atomic E-state index is 12.7. The second-order valence-electron chi connectivity index (χ2n) is 5.03. The van der Waals surface area contributed by atoms with Gasteiger partial charge in [0.1, 0.15) is 0 Å². The van der Waals surface area contributed by atoms with E-state index < -0.39 is 20.6 Å². The van der Waals surface area contributed by atoms with E-state index in [1.165, 1.54) is 16.4 Å². The van der Waals surface area contributed by atoms with Gasteiger partial charge in [0, 0.05) is 23.2 Å². The van der Waals surface area contributed by atoms with Crippen molar-refractivity contribution < 1.29 is 13.3 Å². The van der Waals surface area contributed by atoms with E-state index in [-0.39, 0.29) is 22.0 Å². The Morgan fingerprint density at radius 3 is 2.45 bits per heavy atom. The average molecular weight is 319 g/mol. The molecule has 0 radical (unpaired) electrons. The van der Waals surface area contributed by atoms with Crippen molar-refractivity contribution in [2.75, 3.05) is 0 Å². The first kappa shape index (κ1) is 15.2. The third kappa shape index (κ3) is 2.79. The summed E-state index contributed by atoms with van der Waals surface area (Å²) in [5.41, 5.74) is -0.483. The van der Waals surface area contributed by atoms with Crippen LogP contribution < -0.4 is 0 Å². The Morgan fingerprint density at radius 1 is 1.40 bits per heavy atom. The normalized spacial score (nSPS) is 15.8. The number of halogens is 1. The van der Waals surface area contributed by atoms with Crippen molar-refractivity contribution in [1.82, 2.24) is 4.31 Å². The number of benzene rings is 1. The quantitative estimate of drug-likeness (QED) is 0.617. The Kier molecular flexibility index (Phi) is 4.04. The molecule has 0 spiro atoms. The lowest BCUT2D eigenvalue weighted by Crippen LogP contribution is -2.38. The van der Waals surface area contributed by atoms with Gasteiger partial charge in [-0.25, -0.2) is 8.42 Å². The molecule has 0 saturated heterocycles. The predicted octanol–water partition coefficient (Wildman–Crippen LogP) is 2.81. The van der Waals surface area contributed by atoms with Crippen molar-refractivity contribution in [3.05, 3.63) is 33.3 Å². The lowest BCUT2D eigenvalue weighted by molar-refractivity contribution is -0.387. The molecule has 110 valence electrons. The highest BCUT2D eigenvalue weighted by Crippen LogP contribution is 2.37. The number of sulfonamides is 1. The molecule has 1 aliphatic carbocycles.